The van der Waals surface area contributed by atoms with Gasteiger partial charge in [0.15, 0.2) is 0 Å². The molecule has 0 unspecified atom stereocenters. The van der Waals surface area contributed by atoms with E-state index < -0.39 is 0 Å². The van der Waals surface area contributed by atoms with E-state index in [-0.39, 0.29) is 0 Å². The van der Waals surface area contributed by atoms with E-state index in [2.05, 4.69) is 56.7 Å². The second-order valence-corrected chi connectivity index (χ2v) is 7.16. The molecule has 0 spiro atoms. The lowest BCUT2D eigenvalue weighted by Crippen LogP contribution is -2.03. The van der Waals surface area contributed by atoms with E-state index in [0.29, 0.717) is 18.4 Å². The third-order valence-electron chi connectivity index (χ3n) is 4.96. The van der Waals surface area contributed by atoms with Crippen LogP contribution in [0.15, 0.2) is 24.4 Å². The normalized spacial score (nSPS) is 11.5. The molecule has 0 N–H and O–H groups in total. The van der Waals surface area contributed by atoms with Gasteiger partial charge in [-0.25, -0.2) is 9.97 Å². The number of pyridine rings is 2. The molecule has 3 heterocycles. The molecule has 27 heavy (non-hydrogen) atoms. The fourth-order valence-electron chi connectivity index (χ4n) is 3.39. The Hall–Kier alpha value is -2.40. The summed E-state index contributed by atoms with van der Waals surface area (Å²) in [6.45, 7) is 10.0. The average Bonchev–Trinajstić information content (AvgIpc) is 3.01. The van der Waals surface area contributed by atoms with Gasteiger partial charge in [0.1, 0.15) is 0 Å². The quantitative estimate of drug-likeness (QED) is 0.605. The first-order valence-electron chi connectivity index (χ1n) is 9.53. The topological polar surface area (TPSA) is 49.2 Å². The van der Waals surface area contributed by atoms with Crippen molar-refractivity contribution in [2.75, 3.05) is 20.8 Å². The summed E-state index contributed by atoms with van der Waals surface area (Å²) in [4.78, 5) is 9.74. The number of hydrogen-bond donors (Lipinski definition) is 0. The van der Waals surface area contributed by atoms with Crippen LogP contribution in [0.5, 0.6) is 5.88 Å². The maximum Gasteiger partial charge on any atom is 0.222 e. The van der Waals surface area contributed by atoms with E-state index in [1.54, 1.807) is 14.2 Å². The third kappa shape index (κ3) is 3.69. The van der Waals surface area contributed by atoms with Crippen LogP contribution >= 0.6 is 0 Å². The Balaban J connectivity index is 2.17. The minimum Gasteiger partial charge on any atom is -0.480 e. The Morgan fingerprint density at radius 2 is 1.93 bits per heavy atom. The van der Waals surface area contributed by atoms with Crippen LogP contribution in [0.1, 0.15) is 43.5 Å². The summed E-state index contributed by atoms with van der Waals surface area (Å²) in [7, 11) is 3.40. The van der Waals surface area contributed by atoms with Crippen molar-refractivity contribution in [2.45, 2.75) is 46.6 Å². The van der Waals surface area contributed by atoms with Crippen molar-refractivity contribution < 1.29 is 9.47 Å². The number of methoxy groups -OCH3 is 2. The number of aromatic nitrogens is 3. The summed E-state index contributed by atoms with van der Waals surface area (Å²) in [6.07, 6.45) is 3.13. The van der Waals surface area contributed by atoms with Crippen LogP contribution in [-0.2, 0) is 17.7 Å². The van der Waals surface area contributed by atoms with E-state index in [0.717, 1.165) is 46.5 Å². The van der Waals surface area contributed by atoms with E-state index in [4.69, 9.17) is 19.4 Å². The standard InChI is InChI=1S/C22H29N3O2/c1-7-16-13-25(10-11-26-5)19-12-15(4)20(24-21(16)19)17-8-9-18(14(2)3)23-22(17)27-6/h8-9,12-14H,7,10-11H2,1-6H3. The highest BCUT2D eigenvalue weighted by Crippen LogP contribution is 2.33. The Bertz CT molecular complexity index is 944. The van der Waals surface area contributed by atoms with Crippen LogP contribution in [0.2, 0.25) is 0 Å². The molecule has 0 aliphatic heterocycles. The number of rotatable bonds is 7. The second-order valence-electron chi connectivity index (χ2n) is 7.16. The van der Waals surface area contributed by atoms with Gasteiger partial charge in [-0.05, 0) is 48.6 Å². The van der Waals surface area contributed by atoms with Gasteiger partial charge < -0.3 is 14.0 Å². The van der Waals surface area contributed by atoms with Crippen LogP contribution in [0, 0.1) is 6.92 Å². The molecule has 3 rings (SSSR count). The molecule has 0 aliphatic rings. The Morgan fingerprint density at radius 1 is 1.15 bits per heavy atom. The van der Waals surface area contributed by atoms with Gasteiger partial charge >= 0.3 is 0 Å². The van der Waals surface area contributed by atoms with Crippen molar-refractivity contribution in [1.82, 2.24) is 14.5 Å². The van der Waals surface area contributed by atoms with Gasteiger partial charge in [0.25, 0.3) is 0 Å². The third-order valence-corrected chi connectivity index (χ3v) is 4.96. The van der Waals surface area contributed by atoms with Crippen molar-refractivity contribution in [3.63, 3.8) is 0 Å². The minimum atomic E-state index is 0.353. The first-order valence-corrected chi connectivity index (χ1v) is 9.53. The molecule has 0 atom stereocenters. The molecule has 5 nitrogen and oxygen atoms in total. The molecule has 0 radical (unpaired) electrons. The Kier molecular flexibility index (Phi) is 5.80. The van der Waals surface area contributed by atoms with Crippen LogP contribution in [0.25, 0.3) is 22.3 Å². The molecular weight excluding hydrogens is 338 g/mol. The van der Waals surface area contributed by atoms with Gasteiger partial charge in [-0.3, -0.25) is 0 Å². The predicted octanol–water partition coefficient (Wildman–Crippen LogP) is 4.75. The van der Waals surface area contributed by atoms with Gasteiger partial charge in [-0.15, -0.1) is 0 Å². The molecule has 5 heteroatoms. The van der Waals surface area contributed by atoms with Crippen LogP contribution in [0.4, 0.5) is 0 Å². The number of fused-ring (bicyclic) bond motifs is 1. The lowest BCUT2D eigenvalue weighted by atomic mass is 10.0. The van der Waals surface area contributed by atoms with Crippen molar-refractivity contribution in [3.05, 3.63) is 41.2 Å². The zero-order valence-corrected chi connectivity index (χ0v) is 17.2. The zero-order valence-electron chi connectivity index (χ0n) is 17.2. The molecule has 144 valence electrons. The number of nitrogens with zero attached hydrogens (tertiary/aromatic N) is 3. The molecule has 0 fully saturated rings. The summed E-state index contributed by atoms with van der Waals surface area (Å²) >= 11 is 0. The molecule has 0 amide bonds. The average molecular weight is 367 g/mol. The number of ether oxygens (including phenoxy) is 2. The molecule has 0 aliphatic carbocycles. The number of aryl methyl sites for hydroxylation is 2. The summed E-state index contributed by atoms with van der Waals surface area (Å²) in [5.41, 5.74) is 7.44. The van der Waals surface area contributed by atoms with Gasteiger partial charge in [0.05, 0.1) is 36.0 Å². The number of hydrogen-bond acceptors (Lipinski definition) is 4. The van der Waals surface area contributed by atoms with Crippen molar-refractivity contribution in [2.24, 2.45) is 0 Å². The first-order chi connectivity index (χ1) is 13.0. The highest BCUT2D eigenvalue weighted by molar-refractivity contribution is 5.85. The summed E-state index contributed by atoms with van der Waals surface area (Å²) in [5, 5.41) is 0. The molecule has 0 bridgehead atoms. The van der Waals surface area contributed by atoms with Crippen LogP contribution in [-0.4, -0.2) is 35.4 Å². The SMILES string of the molecule is CCc1cn(CCOC)c2cc(C)c(-c3ccc(C(C)C)nc3OC)nc12. The van der Waals surface area contributed by atoms with Crippen molar-refractivity contribution >= 4 is 11.0 Å². The second kappa shape index (κ2) is 8.09. The van der Waals surface area contributed by atoms with E-state index in [1.165, 1.54) is 5.56 Å². The van der Waals surface area contributed by atoms with E-state index >= 15 is 0 Å². The molecule has 3 aromatic heterocycles. The molecular formula is C22H29N3O2. The monoisotopic (exact) mass is 367 g/mol. The van der Waals surface area contributed by atoms with E-state index in [1.807, 2.05) is 0 Å². The van der Waals surface area contributed by atoms with Crippen LogP contribution < -0.4 is 4.74 Å². The zero-order chi connectivity index (χ0) is 19.6. The van der Waals surface area contributed by atoms with Crippen LogP contribution in [0.3, 0.4) is 0 Å². The lowest BCUT2D eigenvalue weighted by Gasteiger charge is -2.13. The Labute approximate surface area is 161 Å². The largest absolute Gasteiger partial charge is 0.480 e. The summed E-state index contributed by atoms with van der Waals surface area (Å²) < 4.78 is 13.1. The lowest BCUT2D eigenvalue weighted by molar-refractivity contribution is 0.188. The van der Waals surface area contributed by atoms with Gasteiger partial charge in [0, 0.05) is 25.5 Å². The van der Waals surface area contributed by atoms with Gasteiger partial charge in [-0.2, -0.15) is 0 Å². The maximum absolute atomic E-state index is 5.60. The molecule has 0 saturated heterocycles. The van der Waals surface area contributed by atoms with Gasteiger partial charge in [0.2, 0.25) is 5.88 Å². The summed E-state index contributed by atoms with van der Waals surface area (Å²) in [6, 6.07) is 6.36. The maximum atomic E-state index is 5.60. The highest BCUT2D eigenvalue weighted by Gasteiger charge is 2.17. The fraction of sp³-hybridized carbons (Fsp3) is 0.455. The first kappa shape index (κ1) is 19.4. The minimum absolute atomic E-state index is 0.353. The summed E-state index contributed by atoms with van der Waals surface area (Å²) in [5.74, 6) is 0.985. The Morgan fingerprint density at radius 3 is 2.56 bits per heavy atom. The predicted molar refractivity (Wildman–Crippen MR) is 110 cm³/mol. The van der Waals surface area contributed by atoms with Gasteiger partial charge in [-0.1, -0.05) is 20.8 Å². The highest BCUT2D eigenvalue weighted by atomic mass is 16.5. The fourth-order valence-corrected chi connectivity index (χ4v) is 3.39. The molecule has 0 aromatic carbocycles. The van der Waals surface area contributed by atoms with Crippen molar-refractivity contribution in [1.29, 1.82) is 0 Å². The molecule has 3 aromatic rings. The smallest absolute Gasteiger partial charge is 0.222 e. The van der Waals surface area contributed by atoms with Crippen molar-refractivity contribution in [3.8, 4) is 17.1 Å². The van der Waals surface area contributed by atoms with E-state index in [9.17, 15) is 0 Å². The molecule has 0 saturated carbocycles.